The molecule has 5 heteroatoms. The lowest BCUT2D eigenvalue weighted by molar-refractivity contribution is -0.115. The third-order valence-electron chi connectivity index (χ3n) is 3.34. The quantitative estimate of drug-likeness (QED) is 0.871. The molecule has 22 heavy (non-hydrogen) atoms. The van der Waals surface area contributed by atoms with Crippen LogP contribution in [0.3, 0.4) is 0 Å². The SMILES string of the molecule is Cc1ccc(NC(=O)CN[C@H](C)c2ccc(Cl)cc2)c(F)c1. The average Bonchev–Trinajstić information content (AvgIpc) is 2.48. The van der Waals surface area contributed by atoms with Crippen molar-refractivity contribution in [2.24, 2.45) is 0 Å². The normalized spacial score (nSPS) is 12.0. The van der Waals surface area contributed by atoms with Gasteiger partial charge in [-0.3, -0.25) is 4.79 Å². The van der Waals surface area contributed by atoms with Gasteiger partial charge in [-0.1, -0.05) is 29.8 Å². The number of anilines is 1. The topological polar surface area (TPSA) is 41.1 Å². The Labute approximate surface area is 134 Å². The molecule has 2 N–H and O–H groups in total. The van der Waals surface area contributed by atoms with Crippen molar-refractivity contribution < 1.29 is 9.18 Å². The monoisotopic (exact) mass is 320 g/mol. The number of rotatable bonds is 5. The molecule has 0 aliphatic carbocycles. The summed E-state index contributed by atoms with van der Waals surface area (Å²) < 4.78 is 13.7. The Bertz CT molecular complexity index is 658. The average molecular weight is 321 g/mol. The summed E-state index contributed by atoms with van der Waals surface area (Å²) in [7, 11) is 0. The van der Waals surface area contributed by atoms with Crippen molar-refractivity contribution in [2.75, 3.05) is 11.9 Å². The number of benzene rings is 2. The molecule has 0 aliphatic rings. The Balaban J connectivity index is 1.88. The lowest BCUT2D eigenvalue weighted by Gasteiger charge is -2.14. The molecule has 0 spiro atoms. The third kappa shape index (κ3) is 4.55. The first-order chi connectivity index (χ1) is 10.5. The Hall–Kier alpha value is -1.91. The summed E-state index contributed by atoms with van der Waals surface area (Å²) in [5.74, 6) is -0.720. The standard InChI is InChI=1S/C17H18ClFN2O/c1-11-3-8-16(15(19)9-11)21-17(22)10-20-12(2)13-4-6-14(18)7-5-13/h3-9,12,20H,10H2,1-2H3,(H,21,22)/t12-/m1/s1. The number of carbonyl (C=O) groups is 1. The summed E-state index contributed by atoms with van der Waals surface area (Å²) in [6.45, 7) is 3.84. The van der Waals surface area contributed by atoms with Gasteiger partial charge in [0.1, 0.15) is 5.82 Å². The fourth-order valence-corrected chi connectivity index (χ4v) is 2.16. The minimum absolute atomic E-state index is 0.00844. The van der Waals surface area contributed by atoms with Crippen LogP contribution >= 0.6 is 11.6 Å². The molecule has 3 nitrogen and oxygen atoms in total. The Kier molecular flexibility index (Phi) is 5.52. The number of hydrogen-bond acceptors (Lipinski definition) is 2. The van der Waals surface area contributed by atoms with Crippen LogP contribution in [-0.2, 0) is 4.79 Å². The van der Waals surface area contributed by atoms with Gasteiger partial charge < -0.3 is 10.6 Å². The molecule has 2 aromatic rings. The van der Waals surface area contributed by atoms with Gasteiger partial charge in [-0.2, -0.15) is 0 Å². The van der Waals surface area contributed by atoms with Gasteiger partial charge in [0.05, 0.1) is 12.2 Å². The van der Waals surface area contributed by atoms with Gasteiger partial charge in [-0.25, -0.2) is 4.39 Å². The van der Waals surface area contributed by atoms with E-state index in [2.05, 4.69) is 10.6 Å². The Morgan fingerprint density at radius 2 is 1.91 bits per heavy atom. The highest BCUT2D eigenvalue weighted by Crippen LogP contribution is 2.17. The van der Waals surface area contributed by atoms with Crippen LogP contribution in [0.4, 0.5) is 10.1 Å². The van der Waals surface area contributed by atoms with Crippen molar-refractivity contribution in [1.29, 1.82) is 0 Å². The smallest absolute Gasteiger partial charge is 0.238 e. The summed E-state index contributed by atoms with van der Waals surface area (Å²) >= 11 is 5.84. The number of nitrogens with one attached hydrogen (secondary N) is 2. The molecular formula is C17H18ClFN2O. The molecule has 1 amide bonds. The number of aryl methyl sites for hydroxylation is 1. The first-order valence-electron chi connectivity index (χ1n) is 7.00. The van der Waals surface area contributed by atoms with Gasteiger partial charge in [0.25, 0.3) is 0 Å². The van der Waals surface area contributed by atoms with Crippen LogP contribution in [0.1, 0.15) is 24.1 Å². The summed E-state index contributed by atoms with van der Waals surface area (Å²) in [6.07, 6.45) is 0. The predicted molar refractivity (Wildman–Crippen MR) is 87.6 cm³/mol. The van der Waals surface area contributed by atoms with Crippen molar-refractivity contribution in [3.8, 4) is 0 Å². The minimum Gasteiger partial charge on any atom is -0.322 e. The highest BCUT2D eigenvalue weighted by atomic mass is 35.5. The first kappa shape index (κ1) is 16.5. The van der Waals surface area contributed by atoms with E-state index in [1.165, 1.54) is 6.07 Å². The van der Waals surface area contributed by atoms with Crippen LogP contribution in [0, 0.1) is 12.7 Å². The predicted octanol–water partition coefficient (Wildman–Crippen LogP) is 4.08. The molecule has 2 aromatic carbocycles. The molecule has 0 aliphatic heterocycles. The largest absolute Gasteiger partial charge is 0.322 e. The summed E-state index contributed by atoms with van der Waals surface area (Å²) in [4.78, 5) is 11.9. The van der Waals surface area contributed by atoms with E-state index in [4.69, 9.17) is 11.6 Å². The molecular weight excluding hydrogens is 303 g/mol. The van der Waals surface area contributed by atoms with Crippen molar-refractivity contribution in [3.63, 3.8) is 0 Å². The summed E-state index contributed by atoms with van der Waals surface area (Å²) in [5, 5.41) is 6.32. The van der Waals surface area contributed by atoms with Crippen molar-refractivity contribution in [1.82, 2.24) is 5.32 Å². The van der Waals surface area contributed by atoms with E-state index >= 15 is 0 Å². The fraction of sp³-hybridized carbons (Fsp3) is 0.235. The van der Waals surface area contributed by atoms with Crippen molar-refractivity contribution in [3.05, 3.63) is 64.4 Å². The number of halogens is 2. The minimum atomic E-state index is -0.431. The third-order valence-corrected chi connectivity index (χ3v) is 3.59. The van der Waals surface area contributed by atoms with E-state index in [9.17, 15) is 9.18 Å². The van der Waals surface area contributed by atoms with E-state index in [-0.39, 0.29) is 24.2 Å². The molecule has 0 saturated heterocycles. The summed E-state index contributed by atoms with van der Waals surface area (Å²) in [5.41, 5.74) is 2.03. The van der Waals surface area contributed by atoms with Gasteiger partial charge >= 0.3 is 0 Å². The van der Waals surface area contributed by atoms with Crippen LogP contribution < -0.4 is 10.6 Å². The van der Waals surface area contributed by atoms with E-state index in [1.54, 1.807) is 31.2 Å². The van der Waals surface area contributed by atoms with Crippen LogP contribution in [0.5, 0.6) is 0 Å². The zero-order valence-electron chi connectivity index (χ0n) is 12.5. The number of hydrogen-bond donors (Lipinski definition) is 2. The second-order valence-corrected chi connectivity index (χ2v) is 5.62. The maximum absolute atomic E-state index is 13.7. The lowest BCUT2D eigenvalue weighted by Crippen LogP contribution is -2.30. The molecule has 0 fully saturated rings. The second-order valence-electron chi connectivity index (χ2n) is 5.19. The van der Waals surface area contributed by atoms with E-state index < -0.39 is 5.82 Å². The molecule has 1 atom stereocenters. The molecule has 0 saturated carbocycles. The highest BCUT2D eigenvalue weighted by Gasteiger charge is 2.10. The van der Waals surface area contributed by atoms with Crippen LogP contribution in [0.15, 0.2) is 42.5 Å². The van der Waals surface area contributed by atoms with Crippen molar-refractivity contribution in [2.45, 2.75) is 19.9 Å². The van der Waals surface area contributed by atoms with Crippen molar-refractivity contribution >= 4 is 23.2 Å². The van der Waals surface area contributed by atoms with Gasteiger partial charge in [0.15, 0.2) is 0 Å². The van der Waals surface area contributed by atoms with Gasteiger partial charge in [0, 0.05) is 11.1 Å². The summed E-state index contributed by atoms with van der Waals surface area (Å²) in [6, 6.07) is 12.1. The van der Waals surface area contributed by atoms with Gasteiger partial charge in [-0.15, -0.1) is 0 Å². The highest BCUT2D eigenvalue weighted by molar-refractivity contribution is 6.30. The molecule has 0 heterocycles. The fourth-order valence-electron chi connectivity index (χ4n) is 2.03. The maximum Gasteiger partial charge on any atom is 0.238 e. The molecule has 0 aromatic heterocycles. The molecule has 0 unspecified atom stereocenters. The van der Waals surface area contributed by atoms with Gasteiger partial charge in [0.2, 0.25) is 5.91 Å². The zero-order valence-corrected chi connectivity index (χ0v) is 13.2. The molecule has 0 bridgehead atoms. The first-order valence-corrected chi connectivity index (χ1v) is 7.38. The number of carbonyl (C=O) groups excluding carboxylic acids is 1. The second kappa shape index (κ2) is 7.38. The molecule has 0 radical (unpaired) electrons. The Morgan fingerprint density at radius 1 is 1.23 bits per heavy atom. The lowest BCUT2D eigenvalue weighted by atomic mass is 10.1. The van der Waals surface area contributed by atoms with Crippen LogP contribution in [-0.4, -0.2) is 12.5 Å². The molecule has 2 rings (SSSR count). The maximum atomic E-state index is 13.7. The Morgan fingerprint density at radius 3 is 2.55 bits per heavy atom. The number of amides is 1. The van der Waals surface area contributed by atoms with Crippen LogP contribution in [0.25, 0.3) is 0 Å². The van der Waals surface area contributed by atoms with Gasteiger partial charge in [-0.05, 0) is 49.2 Å². The van der Waals surface area contributed by atoms with E-state index in [0.29, 0.717) is 5.02 Å². The van der Waals surface area contributed by atoms with E-state index in [1.807, 2.05) is 19.1 Å². The van der Waals surface area contributed by atoms with Crippen LogP contribution in [0.2, 0.25) is 5.02 Å². The van der Waals surface area contributed by atoms with E-state index in [0.717, 1.165) is 11.1 Å². The zero-order chi connectivity index (χ0) is 16.1. The molecule has 116 valence electrons.